The summed E-state index contributed by atoms with van der Waals surface area (Å²) in [5.41, 5.74) is 0.590. The van der Waals surface area contributed by atoms with Crippen molar-refractivity contribution in [1.29, 1.82) is 0 Å². The van der Waals surface area contributed by atoms with E-state index >= 15 is 0 Å². The zero-order chi connectivity index (χ0) is 18.7. The number of hydrogen-bond donors (Lipinski definition) is 1. The zero-order valence-electron chi connectivity index (χ0n) is 15.6. The summed E-state index contributed by atoms with van der Waals surface area (Å²) in [5.74, 6) is -0.123. The van der Waals surface area contributed by atoms with Gasteiger partial charge >= 0.3 is 5.97 Å². The molecule has 5 nitrogen and oxygen atoms in total. The fourth-order valence-corrected chi connectivity index (χ4v) is 5.11. The van der Waals surface area contributed by atoms with Gasteiger partial charge in [-0.05, 0) is 68.7 Å². The topological polar surface area (TPSA) is 66.8 Å². The lowest BCUT2D eigenvalue weighted by atomic mass is 9.81. The van der Waals surface area contributed by atoms with E-state index in [9.17, 15) is 14.7 Å². The Bertz CT molecular complexity index is 628. The van der Waals surface area contributed by atoms with Crippen LogP contribution in [0.25, 0.3) is 0 Å². The largest absolute Gasteiger partial charge is 0.477 e. The van der Waals surface area contributed by atoms with Crippen LogP contribution in [-0.2, 0) is 9.53 Å². The van der Waals surface area contributed by atoms with Gasteiger partial charge in [-0.15, -0.1) is 11.3 Å². The zero-order valence-corrected chi connectivity index (χ0v) is 16.5. The summed E-state index contributed by atoms with van der Waals surface area (Å²) in [7, 11) is 1.73. The lowest BCUT2D eigenvalue weighted by molar-refractivity contribution is -0.124. The van der Waals surface area contributed by atoms with E-state index in [0.29, 0.717) is 11.6 Å². The number of carboxylic acid groups (broad SMARTS) is 1. The van der Waals surface area contributed by atoms with Crippen LogP contribution < -0.4 is 4.90 Å². The highest BCUT2D eigenvalue weighted by Crippen LogP contribution is 2.37. The first-order valence-electron chi connectivity index (χ1n) is 9.68. The van der Waals surface area contributed by atoms with Crippen molar-refractivity contribution in [2.45, 2.75) is 70.4 Å². The van der Waals surface area contributed by atoms with Crippen LogP contribution in [0.1, 0.15) is 68.0 Å². The fourth-order valence-electron chi connectivity index (χ4n) is 4.39. The molecule has 0 spiro atoms. The third kappa shape index (κ3) is 4.12. The maximum atomic E-state index is 13.4. The summed E-state index contributed by atoms with van der Waals surface area (Å²) in [6.07, 6.45) is 7.79. The van der Waals surface area contributed by atoms with E-state index in [1.165, 1.54) is 11.3 Å². The summed E-state index contributed by atoms with van der Waals surface area (Å²) in [6, 6.07) is 1.88. The molecule has 3 rings (SSSR count). The van der Waals surface area contributed by atoms with Gasteiger partial charge < -0.3 is 14.7 Å². The van der Waals surface area contributed by atoms with Crippen LogP contribution in [0.5, 0.6) is 0 Å². The van der Waals surface area contributed by atoms with Crippen LogP contribution in [0.4, 0.5) is 5.69 Å². The highest BCUT2D eigenvalue weighted by molar-refractivity contribution is 7.12. The molecule has 1 aromatic rings. The molecule has 0 bridgehead atoms. The summed E-state index contributed by atoms with van der Waals surface area (Å²) < 4.78 is 5.46. The normalized spacial score (nSPS) is 29.3. The Labute approximate surface area is 159 Å². The average molecular weight is 380 g/mol. The van der Waals surface area contributed by atoms with Crippen molar-refractivity contribution < 1.29 is 19.4 Å². The van der Waals surface area contributed by atoms with Crippen molar-refractivity contribution in [3.8, 4) is 0 Å². The van der Waals surface area contributed by atoms with Crippen LogP contribution in [0.3, 0.4) is 0 Å². The minimum absolute atomic E-state index is 0.0212. The Morgan fingerprint density at radius 1 is 1.12 bits per heavy atom. The van der Waals surface area contributed by atoms with E-state index in [1.54, 1.807) is 18.6 Å². The number of carbonyl (C=O) groups excluding carboxylic acids is 1. The number of carbonyl (C=O) groups is 2. The second kappa shape index (κ2) is 8.53. The molecule has 0 saturated heterocycles. The molecule has 1 N–H and O–H groups in total. The number of rotatable bonds is 5. The predicted octanol–water partition coefficient (Wildman–Crippen LogP) is 4.56. The number of aromatic carboxylic acids is 1. The number of amides is 1. The van der Waals surface area contributed by atoms with Gasteiger partial charge in [-0.3, -0.25) is 4.79 Å². The molecule has 26 heavy (non-hydrogen) atoms. The number of methoxy groups -OCH3 is 1. The van der Waals surface area contributed by atoms with Crippen molar-refractivity contribution in [3.63, 3.8) is 0 Å². The SMILES string of the molecule is CO[C@H]1CC[C@H](N(c2ccsc2C(=O)O)C(=O)[C@H]2CC[C@H](C)CC2)CC1. The van der Waals surface area contributed by atoms with E-state index in [4.69, 9.17) is 4.74 Å². The molecule has 0 aromatic carbocycles. The maximum Gasteiger partial charge on any atom is 0.348 e. The van der Waals surface area contributed by atoms with E-state index in [2.05, 4.69) is 6.92 Å². The van der Waals surface area contributed by atoms with Crippen LogP contribution in [0.15, 0.2) is 11.4 Å². The minimum atomic E-state index is -0.948. The number of ether oxygens (including phenoxy) is 1. The average Bonchev–Trinajstić information content (AvgIpc) is 3.12. The van der Waals surface area contributed by atoms with Crippen LogP contribution in [-0.4, -0.2) is 36.2 Å². The van der Waals surface area contributed by atoms with Crippen molar-refractivity contribution in [1.82, 2.24) is 0 Å². The molecule has 2 aliphatic rings. The van der Waals surface area contributed by atoms with Gasteiger partial charge in [0, 0.05) is 19.1 Å². The summed E-state index contributed by atoms with van der Waals surface area (Å²) in [5, 5.41) is 11.3. The Kier molecular flexibility index (Phi) is 6.35. The van der Waals surface area contributed by atoms with E-state index in [-0.39, 0.29) is 28.8 Å². The molecular weight excluding hydrogens is 350 g/mol. The number of nitrogens with zero attached hydrogens (tertiary/aromatic N) is 1. The molecule has 1 heterocycles. The Balaban J connectivity index is 1.85. The van der Waals surface area contributed by atoms with Crippen LogP contribution in [0.2, 0.25) is 0 Å². The molecule has 0 atom stereocenters. The summed E-state index contributed by atoms with van der Waals surface area (Å²) >= 11 is 1.20. The van der Waals surface area contributed by atoms with Gasteiger partial charge in [0.2, 0.25) is 5.91 Å². The van der Waals surface area contributed by atoms with Crippen LogP contribution >= 0.6 is 11.3 Å². The van der Waals surface area contributed by atoms with Crippen molar-refractivity contribution in [2.24, 2.45) is 11.8 Å². The highest BCUT2D eigenvalue weighted by atomic mass is 32.1. The third-order valence-corrected chi connectivity index (χ3v) is 6.93. The Morgan fingerprint density at radius 3 is 2.35 bits per heavy atom. The first-order chi connectivity index (χ1) is 12.5. The second-order valence-corrected chi connectivity index (χ2v) is 8.69. The standard InChI is InChI=1S/C20H29NO4S/c1-13-3-5-14(6-4-13)19(22)21(15-7-9-16(25-2)10-8-15)17-11-12-26-18(17)20(23)24/h11-16H,3-10H2,1-2H3,(H,23,24)/t13-,14-,15-,16-. The third-order valence-electron chi connectivity index (χ3n) is 6.04. The van der Waals surface area contributed by atoms with E-state index in [0.717, 1.165) is 51.4 Å². The minimum Gasteiger partial charge on any atom is -0.477 e. The molecular formula is C20H29NO4S. The smallest absolute Gasteiger partial charge is 0.348 e. The quantitative estimate of drug-likeness (QED) is 0.814. The molecule has 0 radical (unpaired) electrons. The molecule has 144 valence electrons. The van der Waals surface area contributed by atoms with Gasteiger partial charge in [-0.25, -0.2) is 4.79 Å². The Hall–Kier alpha value is -1.40. The second-order valence-electron chi connectivity index (χ2n) is 7.77. The predicted molar refractivity (Wildman–Crippen MR) is 103 cm³/mol. The Morgan fingerprint density at radius 2 is 1.77 bits per heavy atom. The number of thiophene rings is 1. The van der Waals surface area contributed by atoms with Gasteiger partial charge in [-0.1, -0.05) is 6.92 Å². The van der Waals surface area contributed by atoms with Gasteiger partial charge in [0.25, 0.3) is 0 Å². The lowest BCUT2D eigenvalue weighted by Gasteiger charge is -2.39. The molecule has 6 heteroatoms. The molecule has 1 amide bonds. The van der Waals surface area contributed by atoms with Crippen molar-refractivity contribution in [3.05, 3.63) is 16.3 Å². The summed E-state index contributed by atoms with van der Waals surface area (Å²) in [6.45, 7) is 2.24. The number of anilines is 1. The van der Waals surface area contributed by atoms with E-state index in [1.807, 2.05) is 4.90 Å². The van der Waals surface area contributed by atoms with Crippen molar-refractivity contribution in [2.75, 3.05) is 12.0 Å². The first-order valence-corrected chi connectivity index (χ1v) is 10.6. The molecule has 2 fully saturated rings. The van der Waals surface area contributed by atoms with Gasteiger partial charge in [0.05, 0.1) is 11.8 Å². The fraction of sp³-hybridized carbons (Fsp3) is 0.700. The monoisotopic (exact) mass is 379 g/mol. The highest BCUT2D eigenvalue weighted by Gasteiger charge is 2.36. The lowest BCUT2D eigenvalue weighted by Crippen LogP contribution is -2.47. The molecule has 2 aliphatic carbocycles. The first kappa shape index (κ1) is 19.4. The summed E-state index contributed by atoms with van der Waals surface area (Å²) in [4.78, 5) is 27.2. The maximum absolute atomic E-state index is 13.4. The van der Waals surface area contributed by atoms with E-state index < -0.39 is 5.97 Å². The molecule has 1 aromatic heterocycles. The molecule has 2 saturated carbocycles. The van der Waals surface area contributed by atoms with Gasteiger partial charge in [0.1, 0.15) is 4.88 Å². The van der Waals surface area contributed by atoms with Gasteiger partial charge in [0.15, 0.2) is 0 Å². The van der Waals surface area contributed by atoms with Crippen molar-refractivity contribution >= 4 is 28.9 Å². The number of hydrogen-bond acceptors (Lipinski definition) is 4. The molecule has 0 aliphatic heterocycles. The van der Waals surface area contributed by atoms with Crippen LogP contribution in [0, 0.1) is 11.8 Å². The van der Waals surface area contributed by atoms with Gasteiger partial charge in [-0.2, -0.15) is 0 Å². The molecule has 0 unspecified atom stereocenters. The number of carboxylic acids is 1.